The smallest absolute Gasteiger partial charge is 0.320 e. The van der Waals surface area contributed by atoms with Crippen molar-refractivity contribution in [2.45, 2.75) is 63.5 Å². The first-order valence-electron chi connectivity index (χ1n) is 10.2. The Kier molecular flexibility index (Phi) is 9.10. The number of carbonyl (C=O) groups is 2. The number of esters is 2. The molecule has 2 rings (SSSR count). The number of ether oxygens (including phenoxy) is 2. The van der Waals surface area contributed by atoms with Gasteiger partial charge in [-0.15, -0.1) is 11.8 Å². The Labute approximate surface area is 173 Å². The van der Waals surface area contributed by atoms with Crippen LogP contribution in [0.2, 0.25) is 0 Å². The number of hydrogen-bond acceptors (Lipinski definition) is 5. The summed E-state index contributed by atoms with van der Waals surface area (Å²) in [6.07, 6.45) is 6.81. The van der Waals surface area contributed by atoms with Crippen molar-refractivity contribution < 1.29 is 19.1 Å². The molecule has 28 heavy (non-hydrogen) atoms. The summed E-state index contributed by atoms with van der Waals surface area (Å²) in [6, 6.07) is 8.20. The molecule has 1 aliphatic rings. The molecule has 154 valence electrons. The molecule has 0 radical (unpaired) electrons. The second-order valence-electron chi connectivity index (χ2n) is 7.34. The van der Waals surface area contributed by atoms with E-state index in [4.69, 9.17) is 9.47 Å². The van der Waals surface area contributed by atoms with Crippen LogP contribution in [0.4, 0.5) is 0 Å². The lowest BCUT2D eigenvalue weighted by atomic mass is 9.90. The Morgan fingerprint density at radius 2 is 2.07 bits per heavy atom. The van der Waals surface area contributed by atoms with Gasteiger partial charge in [0.05, 0.1) is 13.2 Å². The van der Waals surface area contributed by atoms with Gasteiger partial charge in [-0.05, 0) is 45.2 Å². The molecule has 1 aliphatic heterocycles. The monoisotopic (exact) mass is 404 g/mol. The maximum atomic E-state index is 12.4. The third-order valence-corrected chi connectivity index (χ3v) is 6.51. The zero-order valence-electron chi connectivity index (χ0n) is 17.4. The molecule has 1 aromatic carbocycles. The van der Waals surface area contributed by atoms with Gasteiger partial charge < -0.3 is 9.47 Å². The van der Waals surface area contributed by atoms with Crippen molar-refractivity contribution in [2.24, 2.45) is 11.8 Å². The molecule has 1 saturated heterocycles. The summed E-state index contributed by atoms with van der Waals surface area (Å²) in [5, 5.41) is -0.0245. The highest BCUT2D eigenvalue weighted by Gasteiger charge is 2.47. The van der Waals surface area contributed by atoms with Crippen molar-refractivity contribution in [3.8, 4) is 0 Å². The molecule has 0 aromatic heterocycles. The van der Waals surface area contributed by atoms with Crippen molar-refractivity contribution in [1.82, 2.24) is 0 Å². The molecule has 4 nitrogen and oxygen atoms in total. The predicted octanol–water partition coefficient (Wildman–Crippen LogP) is 5.33. The largest absolute Gasteiger partial charge is 0.465 e. The number of carbonyl (C=O) groups excluding carboxylic acids is 2. The number of unbranched alkanes of at least 4 members (excludes halogenated alkanes) is 2. The summed E-state index contributed by atoms with van der Waals surface area (Å²) >= 11 is 1.71. The maximum absolute atomic E-state index is 12.4. The van der Waals surface area contributed by atoms with E-state index in [-0.39, 0.29) is 24.4 Å². The predicted molar refractivity (Wildman–Crippen MR) is 113 cm³/mol. The van der Waals surface area contributed by atoms with Crippen molar-refractivity contribution in [3.05, 3.63) is 41.5 Å². The molecule has 5 heteroatoms. The van der Waals surface area contributed by atoms with Gasteiger partial charge in [-0.1, -0.05) is 49.6 Å². The Bertz CT molecular complexity index is 698. The Morgan fingerprint density at radius 1 is 1.32 bits per heavy atom. The number of allylic oxidation sites excluding steroid dienone is 1. The van der Waals surface area contributed by atoms with Gasteiger partial charge in [0.15, 0.2) is 5.92 Å². The van der Waals surface area contributed by atoms with E-state index >= 15 is 0 Å². The second kappa shape index (κ2) is 11.3. The molecule has 1 heterocycles. The minimum Gasteiger partial charge on any atom is -0.465 e. The highest BCUT2D eigenvalue weighted by Crippen LogP contribution is 2.39. The highest BCUT2D eigenvalue weighted by atomic mass is 32.2. The zero-order valence-corrected chi connectivity index (χ0v) is 18.2. The van der Waals surface area contributed by atoms with Crippen LogP contribution in [0.25, 0.3) is 0 Å². The molecule has 1 fully saturated rings. The van der Waals surface area contributed by atoms with Gasteiger partial charge in [-0.2, -0.15) is 0 Å². The summed E-state index contributed by atoms with van der Waals surface area (Å²) in [7, 11) is 0. The second-order valence-corrected chi connectivity index (χ2v) is 8.56. The molecular weight excluding hydrogens is 372 g/mol. The van der Waals surface area contributed by atoms with Gasteiger partial charge in [0.2, 0.25) is 0 Å². The van der Waals surface area contributed by atoms with Crippen molar-refractivity contribution in [2.75, 3.05) is 13.2 Å². The molecule has 0 saturated carbocycles. The van der Waals surface area contributed by atoms with Gasteiger partial charge in [0, 0.05) is 16.1 Å². The van der Waals surface area contributed by atoms with Gasteiger partial charge in [0.1, 0.15) is 0 Å². The first-order chi connectivity index (χ1) is 13.5. The van der Waals surface area contributed by atoms with Crippen molar-refractivity contribution in [1.29, 1.82) is 0 Å². The molecule has 1 aromatic rings. The molecule has 0 spiro atoms. The van der Waals surface area contributed by atoms with Crippen LogP contribution in [0, 0.1) is 18.8 Å². The highest BCUT2D eigenvalue weighted by molar-refractivity contribution is 8.00. The number of hydrogen-bond donors (Lipinski definition) is 0. The van der Waals surface area contributed by atoms with E-state index in [0.29, 0.717) is 0 Å². The number of thioether (sulfide) groups is 1. The van der Waals surface area contributed by atoms with E-state index in [1.165, 1.54) is 24.0 Å². The molecule has 3 unspecified atom stereocenters. The summed E-state index contributed by atoms with van der Waals surface area (Å²) in [5.41, 5.74) is 2.48. The standard InChI is InChI=1S/C23H32O4S/c1-5-7-8-11-16(3)14-20(28-19-13-10-9-12-17(19)4)18-15-27-23(25)21(18)22(24)26-6-2/h9-10,12-14,18,20-21H,5-8,11,15H2,1-4H3. The summed E-state index contributed by atoms with van der Waals surface area (Å²) in [6.45, 7) is 8.68. The van der Waals surface area contributed by atoms with E-state index < -0.39 is 17.9 Å². The van der Waals surface area contributed by atoms with Crippen LogP contribution in [0.1, 0.15) is 52.0 Å². The van der Waals surface area contributed by atoms with E-state index in [1.807, 2.05) is 12.1 Å². The number of cyclic esters (lactones) is 1. The fourth-order valence-corrected chi connectivity index (χ4v) is 4.84. The Morgan fingerprint density at radius 3 is 2.75 bits per heavy atom. The van der Waals surface area contributed by atoms with E-state index in [9.17, 15) is 9.59 Å². The van der Waals surface area contributed by atoms with Gasteiger partial charge >= 0.3 is 11.9 Å². The SMILES string of the molecule is CCCCCC(C)=CC(Sc1ccccc1C)C1COC(=O)C1C(=O)OCC. The number of benzene rings is 1. The van der Waals surface area contributed by atoms with Crippen molar-refractivity contribution in [3.63, 3.8) is 0 Å². The Balaban J connectivity index is 2.28. The fraction of sp³-hybridized carbons (Fsp3) is 0.565. The lowest BCUT2D eigenvalue weighted by Gasteiger charge is -2.23. The summed E-state index contributed by atoms with van der Waals surface area (Å²) in [5.74, 6) is -2.00. The third kappa shape index (κ3) is 6.13. The van der Waals surface area contributed by atoms with E-state index in [1.54, 1.807) is 18.7 Å². The number of aryl methyl sites for hydroxylation is 1. The van der Waals surface area contributed by atoms with Crippen LogP contribution in [0.3, 0.4) is 0 Å². The van der Waals surface area contributed by atoms with Crippen LogP contribution in [0.5, 0.6) is 0 Å². The van der Waals surface area contributed by atoms with Crippen LogP contribution in [-0.2, 0) is 19.1 Å². The van der Waals surface area contributed by atoms with E-state index in [0.717, 1.165) is 17.7 Å². The average molecular weight is 405 g/mol. The van der Waals surface area contributed by atoms with Gasteiger partial charge in [-0.3, -0.25) is 9.59 Å². The quantitative estimate of drug-likeness (QED) is 0.173. The minimum atomic E-state index is -0.846. The van der Waals surface area contributed by atoms with Crippen LogP contribution >= 0.6 is 11.8 Å². The van der Waals surface area contributed by atoms with Gasteiger partial charge in [-0.25, -0.2) is 0 Å². The average Bonchev–Trinajstić information content (AvgIpc) is 3.05. The minimum absolute atomic E-state index is 0.0245. The van der Waals surface area contributed by atoms with Gasteiger partial charge in [0.25, 0.3) is 0 Å². The molecule has 0 N–H and O–H groups in total. The third-order valence-electron chi connectivity index (χ3n) is 5.04. The first kappa shape index (κ1) is 22.5. The maximum Gasteiger partial charge on any atom is 0.320 e. The van der Waals surface area contributed by atoms with Crippen LogP contribution in [0.15, 0.2) is 40.8 Å². The lowest BCUT2D eigenvalue weighted by molar-refractivity contribution is -0.156. The normalized spacial score (nSPS) is 20.7. The van der Waals surface area contributed by atoms with E-state index in [2.05, 4.69) is 39.0 Å². The Hall–Kier alpha value is -1.75. The van der Waals surface area contributed by atoms with Crippen LogP contribution in [-0.4, -0.2) is 30.4 Å². The molecule has 0 bridgehead atoms. The summed E-state index contributed by atoms with van der Waals surface area (Å²) in [4.78, 5) is 25.9. The van der Waals surface area contributed by atoms with Crippen molar-refractivity contribution >= 4 is 23.7 Å². The molecule has 3 atom stereocenters. The first-order valence-corrected chi connectivity index (χ1v) is 11.1. The molecule has 0 amide bonds. The zero-order chi connectivity index (χ0) is 20.5. The molecular formula is C23H32O4S. The summed E-state index contributed by atoms with van der Waals surface area (Å²) < 4.78 is 10.5. The molecule has 0 aliphatic carbocycles. The lowest BCUT2D eigenvalue weighted by Crippen LogP contribution is -2.33. The van der Waals surface area contributed by atoms with Crippen LogP contribution < -0.4 is 0 Å². The number of rotatable bonds is 10. The topological polar surface area (TPSA) is 52.6 Å². The fourth-order valence-electron chi connectivity index (χ4n) is 3.42.